The normalized spacial score (nSPS) is 13.0. The predicted molar refractivity (Wildman–Crippen MR) is 96.4 cm³/mol. The molecule has 1 amide bonds. The van der Waals surface area contributed by atoms with Gasteiger partial charge in [-0.25, -0.2) is 5.43 Å². The fourth-order valence-corrected chi connectivity index (χ4v) is 2.87. The molecule has 6 heteroatoms. The summed E-state index contributed by atoms with van der Waals surface area (Å²) in [6.07, 6.45) is 1.68. The van der Waals surface area contributed by atoms with E-state index in [0.29, 0.717) is 23.0 Å². The fraction of sp³-hybridized carbons (Fsp3) is 0.368. The van der Waals surface area contributed by atoms with Gasteiger partial charge in [-0.05, 0) is 44.0 Å². The molecule has 0 aliphatic carbocycles. The molecule has 2 aromatic rings. The first-order chi connectivity index (χ1) is 12.0. The van der Waals surface area contributed by atoms with Crippen molar-refractivity contribution in [3.63, 3.8) is 0 Å². The molecule has 0 spiro atoms. The predicted octanol–water partition coefficient (Wildman–Crippen LogP) is 3.25. The lowest BCUT2D eigenvalue weighted by atomic mass is 10.2. The van der Waals surface area contributed by atoms with Gasteiger partial charge in [-0.1, -0.05) is 13.8 Å². The number of ether oxygens (including phenoxy) is 2. The molecule has 3 rings (SSSR count). The van der Waals surface area contributed by atoms with E-state index in [0.717, 1.165) is 17.8 Å². The first kappa shape index (κ1) is 17.1. The molecule has 0 radical (unpaired) electrons. The van der Waals surface area contributed by atoms with Gasteiger partial charge in [0.2, 0.25) is 6.79 Å². The first-order valence-electron chi connectivity index (χ1n) is 8.35. The lowest BCUT2D eigenvalue weighted by Gasteiger charge is -2.11. The summed E-state index contributed by atoms with van der Waals surface area (Å²) in [7, 11) is 0. The van der Waals surface area contributed by atoms with Crippen LogP contribution < -0.4 is 14.9 Å². The van der Waals surface area contributed by atoms with Gasteiger partial charge in [-0.2, -0.15) is 5.10 Å². The Morgan fingerprint density at radius 2 is 2.04 bits per heavy atom. The van der Waals surface area contributed by atoms with E-state index in [1.807, 2.05) is 0 Å². The summed E-state index contributed by atoms with van der Waals surface area (Å²) in [5, 5.41) is 4.10. The molecule has 0 bridgehead atoms. The molecule has 25 heavy (non-hydrogen) atoms. The second-order valence-corrected chi connectivity index (χ2v) is 6.60. The molecule has 0 unspecified atom stereocenters. The molecular weight excluding hydrogens is 318 g/mol. The van der Waals surface area contributed by atoms with Gasteiger partial charge in [0.15, 0.2) is 11.5 Å². The number of benzene rings is 1. The van der Waals surface area contributed by atoms with Crippen molar-refractivity contribution < 1.29 is 14.3 Å². The molecule has 1 aromatic carbocycles. The van der Waals surface area contributed by atoms with E-state index in [1.54, 1.807) is 24.4 Å². The number of aryl methyl sites for hydroxylation is 1. The Labute approximate surface area is 147 Å². The Morgan fingerprint density at radius 1 is 1.28 bits per heavy atom. The third-order valence-corrected chi connectivity index (χ3v) is 4.17. The number of fused-ring (bicyclic) bond motifs is 1. The lowest BCUT2D eigenvalue weighted by molar-refractivity contribution is 0.0954. The summed E-state index contributed by atoms with van der Waals surface area (Å²) >= 11 is 0. The number of hydrogen-bond acceptors (Lipinski definition) is 4. The largest absolute Gasteiger partial charge is 0.454 e. The molecule has 1 aliphatic rings. The summed E-state index contributed by atoms with van der Waals surface area (Å²) in [4.78, 5) is 12.2. The number of carbonyl (C=O) groups is 1. The van der Waals surface area contributed by atoms with Crippen LogP contribution in [0, 0.1) is 19.8 Å². The van der Waals surface area contributed by atoms with Gasteiger partial charge < -0.3 is 14.0 Å². The zero-order valence-electron chi connectivity index (χ0n) is 15.0. The van der Waals surface area contributed by atoms with Gasteiger partial charge in [-0.15, -0.1) is 0 Å². The third kappa shape index (κ3) is 3.68. The summed E-state index contributed by atoms with van der Waals surface area (Å²) in [5.74, 6) is 1.51. The van der Waals surface area contributed by atoms with Crippen LogP contribution in [0.5, 0.6) is 11.5 Å². The van der Waals surface area contributed by atoms with Crippen LogP contribution in [0.2, 0.25) is 0 Å². The Bertz CT molecular complexity index is 822. The number of rotatable bonds is 5. The monoisotopic (exact) mass is 341 g/mol. The van der Waals surface area contributed by atoms with Crippen molar-refractivity contribution in [3.8, 4) is 11.5 Å². The van der Waals surface area contributed by atoms with Gasteiger partial charge >= 0.3 is 0 Å². The van der Waals surface area contributed by atoms with Crippen LogP contribution in [0.15, 0.2) is 29.4 Å². The smallest absolute Gasteiger partial charge is 0.271 e. The number of carbonyl (C=O) groups excluding carboxylic acids is 1. The van der Waals surface area contributed by atoms with E-state index >= 15 is 0 Å². The van der Waals surface area contributed by atoms with E-state index in [9.17, 15) is 4.79 Å². The van der Waals surface area contributed by atoms with Crippen LogP contribution in [-0.4, -0.2) is 23.5 Å². The molecule has 0 atom stereocenters. The topological polar surface area (TPSA) is 64.8 Å². The van der Waals surface area contributed by atoms with Crippen LogP contribution in [0.1, 0.15) is 41.2 Å². The average Bonchev–Trinajstić information content (AvgIpc) is 3.14. The van der Waals surface area contributed by atoms with Gasteiger partial charge in [0.1, 0.15) is 0 Å². The number of nitrogens with zero attached hydrogens (tertiary/aromatic N) is 2. The Kier molecular flexibility index (Phi) is 4.79. The van der Waals surface area contributed by atoms with Crippen LogP contribution in [0.4, 0.5) is 0 Å². The minimum absolute atomic E-state index is 0.185. The Balaban J connectivity index is 1.68. The highest BCUT2D eigenvalue weighted by Gasteiger charge is 2.16. The first-order valence-corrected chi connectivity index (χ1v) is 8.35. The van der Waals surface area contributed by atoms with Gasteiger partial charge in [-0.3, -0.25) is 4.79 Å². The van der Waals surface area contributed by atoms with Crippen molar-refractivity contribution in [2.24, 2.45) is 11.0 Å². The summed E-state index contributed by atoms with van der Waals surface area (Å²) in [5.41, 5.74) is 6.38. The van der Waals surface area contributed by atoms with Crippen molar-refractivity contribution in [1.82, 2.24) is 9.99 Å². The second-order valence-electron chi connectivity index (χ2n) is 6.60. The molecule has 0 fully saturated rings. The number of amides is 1. The van der Waals surface area contributed by atoms with Crippen LogP contribution in [0.3, 0.4) is 0 Å². The summed E-state index contributed by atoms with van der Waals surface area (Å²) in [6.45, 7) is 9.68. The maximum absolute atomic E-state index is 12.2. The third-order valence-electron chi connectivity index (χ3n) is 4.17. The number of nitrogens with one attached hydrogen (secondary N) is 1. The molecular formula is C19H23N3O3. The fourth-order valence-electron chi connectivity index (χ4n) is 2.87. The minimum atomic E-state index is -0.287. The van der Waals surface area contributed by atoms with E-state index in [-0.39, 0.29) is 12.7 Å². The van der Waals surface area contributed by atoms with E-state index in [1.165, 1.54) is 5.69 Å². The zero-order valence-corrected chi connectivity index (χ0v) is 15.0. The van der Waals surface area contributed by atoms with Crippen molar-refractivity contribution in [3.05, 3.63) is 46.8 Å². The standard InChI is InChI=1S/C19H23N3O3/c1-12(2)10-22-13(3)7-16(14(22)4)9-20-21-19(23)15-5-6-17-18(8-15)25-11-24-17/h5-9,12H,10-11H2,1-4H3,(H,21,23)/b20-9-. The van der Waals surface area contributed by atoms with E-state index in [4.69, 9.17) is 9.47 Å². The minimum Gasteiger partial charge on any atom is -0.454 e. The molecule has 1 aromatic heterocycles. The molecule has 1 aliphatic heterocycles. The molecule has 1 N–H and O–H groups in total. The SMILES string of the molecule is Cc1cc(/C=N\NC(=O)c2ccc3c(c2)OCO3)c(C)n1CC(C)C. The highest BCUT2D eigenvalue weighted by Crippen LogP contribution is 2.32. The number of hydrogen-bond donors (Lipinski definition) is 1. The highest BCUT2D eigenvalue weighted by atomic mass is 16.7. The lowest BCUT2D eigenvalue weighted by Crippen LogP contribution is -2.17. The van der Waals surface area contributed by atoms with Crippen LogP contribution in [0.25, 0.3) is 0 Å². The number of aromatic nitrogens is 1. The maximum atomic E-state index is 12.2. The molecule has 2 heterocycles. The molecule has 132 valence electrons. The van der Waals surface area contributed by atoms with Crippen molar-refractivity contribution in [2.75, 3.05) is 6.79 Å². The molecule has 0 saturated carbocycles. The summed E-state index contributed by atoms with van der Waals surface area (Å²) < 4.78 is 12.8. The van der Waals surface area contributed by atoms with Gasteiger partial charge in [0.05, 0.1) is 6.21 Å². The van der Waals surface area contributed by atoms with E-state index in [2.05, 4.69) is 48.9 Å². The Hall–Kier alpha value is -2.76. The van der Waals surface area contributed by atoms with E-state index < -0.39 is 0 Å². The maximum Gasteiger partial charge on any atom is 0.271 e. The van der Waals surface area contributed by atoms with Gasteiger partial charge in [0.25, 0.3) is 5.91 Å². The van der Waals surface area contributed by atoms with Crippen molar-refractivity contribution in [1.29, 1.82) is 0 Å². The molecule has 6 nitrogen and oxygen atoms in total. The second kappa shape index (κ2) is 7.01. The van der Waals surface area contributed by atoms with Crippen molar-refractivity contribution >= 4 is 12.1 Å². The molecule has 0 saturated heterocycles. The summed E-state index contributed by atoms with van der Waals surface area (Å²) in [6, 6.07) is 7.14. The van der Waals surface area contributed by atoms with Crippen LogP contribution >= 0.6 is 0 Å². The van der Waals surface area contributed by atoms with Crippen molar-refractivity contribution in [2.45, 2.75) is 34.2 Å². The van der Waals surface area contributed by atoms with Crippen LogP contribution in [-0.2, 0) is 6.54 Å². The zero-order chi connectivity index (χ0) is 18.0. The number of hydrazone groups is 1. The quantitative estimate of drug-likeness (QED) is 0.671. The average molecular weight is 341 g/mol. The highest BCUT2D eigenvalue weighted by molar-refractivity contribution is 5.95. The van der Waals surface area contributed by atoms with Gasteiger partial charge in [0, 0.05) is 29.1 Å². The Morgan fingerprint density at radius 3 is 2.80 bits per heavy atom.